The first kappa shape index (κ1) is 24.1. The van der Waals surface area contributed by atoms with Crippen LogP contribution < -0.4 is 11.5 Å². The Morgan fingerprint density at radius 3 is 2.52 bits per heavy atom. The molecule has 0 radical (unpaired) electrons. The molecule has 3 nitrogen and oxygen atoms in total. The Kier molecular flexibility index (Phi) is 7.75. The van der Waals surface area contributed by atoms with E-state index in [2.05, 4.69) is 25.7 Å². The van der Waals surface area contributed by atoms with Crippen LogP contribution in [0.1, 0.15) is 71.3 Å². The van der Waals surface area contributed by atoms with E-state index < -0.39 is 0 Å². The lowest BCUT2D eigenvalue weighted by Gasteiger charge is -2.52. The standard InChI is InChI=1S/C26H39ClFN3/c1-25(2,3)10-13-31-14-11-26(12-15-31)17-19(18-26)4-6-21(29)7-9-24(30)22-16-20(28)5-8-23(22)27/h5,7-9,16,19H,4,6,10-15,17-18,29-30H2,1-3H3/b21-7-,24-9-. The summed E-state index contributed by atoms with van der Waals surface area (Å²) in [6.07, 6.45) is 12.3. The van der Waals surface area contributed by atoms with Gasteiger partial charge >= 0.3 is 0 Å². The van der Waals surface area contributed by atoms with E-state index in [1.165, 1.54) is 69.9 Å². The van der Waals surface area contributed by atoms with Crippen LogP contribution in [0, 0.1) is 22.6 Å². The molecule has 1 aliphatic heterocycles. The maximum atomic E-state index is 13.4. The molecule has 1 spiro atoms. The zero-order valence-electron chi connectivity index (χ0n) is 19.4. The lowest BCUT2D eigenvalue weighted by Crippen LogP contribution is -2.47. The second-order valence-electron chi connectivity index (χ2n) is 11.0. The number of nitrogens with two attached hydrogens (primary N) is 2. The Hall–Kier alpha value is -1.52. The van der Waals surface area contributed by atoms with Crippen LogP contribution >= 0.6 is 11.6 Å². The summed E-state index contributed by atoms with van der Waals surface area (Å²) >= 11 is 6.11. The fourth-order valence-corrected chi connectivity index (χ4v) is 5.21. The van der Waals surface area contributed by atoms with E-state index in [1.807, 2.05) is 6.08 Å². The Morgan fingerprint density at radius 2 is 1.87 bits per heavy atom. The van der Waals surface area contributed by atoms with E-state index in [0.717, 1.165) is 24.5 Å². The highest BCUT2D eigenvalue weighted by molar-refractivity contribution is 6.32. The molecule has 1 heterocycles. The molecule has 1 aromatic rings. The zero-order chi connectivity index (χ0) is 22.6. The molecule has 5 heteroatoms. The van der Waals surface area contributed by atoms with E-state index in [-0.39, 0.29) is 5.82 Å². The SMILES string of the molecule is CC(C)(C)CCN1CCC2(CC1)CC(CC/C(N)=C/C=C(\N)c1cc(F)ccc1Cl)C2. The van der Waals surface area contributed by atoms with Crippen LogP contribution in [0.4, 0.5) is 4.39 Å². The molecule has 1 saturated heterocycles. The van der Waals surface area contributed by atoms with Crippen molar-refractivity contribution in [2.24, 2.45) is 28.2 Å². The largest absolute Gasteiger partial charge is 0.402 e. The van der Waals surface area contributed by atoms with Crippen LogP contribution in [-0.2, 0) is 0 Å². The number of benzene rings is 1. The third-order valence-electron chi connectivity index (χ3n) is 7.10. The average molecular weight is 448 g/mol. The number of piperidine rings is 1. The van der Waals surface area contributed by atoms with E-state index in [0.29, 0.717) is 27.1 Å². The number of halogens is 2. The van der Waals surface area contributed by atoms with Gasteiger partial charge in [-0.2, -0.15) is 0 Å². The summed E-state index contributed by atoms with van der Waals surface area (Å²) in [6, 6.07) is 4.19. The van der Waals surface area contributed by atoms with Crippen LogP contribution in [0.15, 0.2) is 36.0 Å². The quantitative estimate of drug-likeness (QED) is 0.480. The van der Waals surface area contributed by atoms with Gasteiger partial charge in [0.2, 0.25) is 0 Å². The summed E-state index contributed by atoms with van der Waals surface area (Å²) in [4.78, 5) is 2.66. The average Bonchev–Trinajstić information content (AvgIpc) is 2.69. The molecule has 2 fully saturated rings. The minimum absolute atomic E-state index is 0.355. The van der Waals surface area contributed by atoms with Crippen LogP contribution in [-0.4, -0.2) is 24.5 Å². The molecule has 0 amide bonds. The van der Waals surface area contributed by atoms with Gasteiger partial charge in [0.05, 0.1) is 5.02 Å². The van der Waals surface area contributed by atoms with Crippen molar-refractivity contribution >= 4 is 17.3 Å². The highest BCUT2D eigenvalue weighted by Crippen LogP contribution is 2.54. The van der Waals surface area contributed by atoms with Crippen molar-refractivity contribution in [3.05, 3.63) is 52.5 Å². The topological polar surface area (TPSA) is 55.3 Å². The van der Waals surface area contributed by atoms with Crippen molar-refractivity contribution in [1.29, 1.82) is 0 Å². The second kappa shape index (κ2) is 9.95. The Morgan fingerprint density at radius 1 is 1.19 bits per heavy atom. The number of allylic oxidation sites excluding steroid dienone is 3. The molecule has 0 aromatic heterocycles. The summed E-state index contributed by atoms with van der Waals surface area (Å²) in [5.74, 6) is 0.429. The summed E-state index contributed by atoms with van der Waals surface area (Å²) < 4.78 is 13.4. The molecule has 172 valence electrons. The van der Waals surface area contributed by atoms with Crippen molar-refractivity contribution in [3.63, 3.8) is 0 Å². The van der Waals surface area contributed by atoms with Crippen molar-refractivity contribution in [1.82, 2.24) is 4.90 Å². The third kappa shape index (κ3) is 6.98. The minimum atomic E-state index is -0.355. The minimum Gasteiger partial charge on any atom is -0.402 e. The predicted octanol–water partition coefficient (Wildman–Crippen LogP) is 6.33. The lowest BCUT2D eigenvalue weighted by atomic mass is 9.56. The summed E-state index contributed by atoms with van der Waals surface area (Å²) in [5.41, 5.74) is 15.0. The van der Waals surface area contributed by atoms with Crippen molar-refractivity contribution in [2.75, 3.05) is 19.6 Å². The number of hydrogen-bond donors (Lipinski definition) is 2. The smallest absolute Gasteiger partial charge is 0.123 e. The summed E-state index contributed by atoms with van der Waals surface area (Å²) in [5, 5.41) is 0.436. The molecule has 1 aliphatic carbocycles. The number of likely N-dealkylation sites (tertiary alicyclic amines) is 1. The molecule has 2 aliphatic rings. The van der Waals surface area contributed by atoms with E-state index in [1.54, 1.807) is 6.08 Å². The second-order valence-corrected chi connectivity index (χ2v) is 11.4. The van der Waals surface area contributed by atoms with Gasteiger partial charge in [-0.05, 0) is 112 Å². The van der Waals surface area contributed by atoms with Gasteiger partial charge in [0, 0.05) is 17.0 Å². The monoisotopic (exact) mass is 447 g/mol. The fraction of sp³-hybridized carbons (Fsp3) is 0.615. The fourth-order valence-electron chi connectivity index (χ4n) is 4.98. The molecule has 31 heavy (non-hydrogen) atoms. The molecule has 0 unspecified atom stereocenters. The lowest BCUT2D eigenvalue weighted by molar-refractivity contribution is -0.0176. The van der Waals surface area contributed by atoms with Crippen LogP contribution in [0.25, 0.3) is 5.70 Å². The molecular weight excluding hydrogens is 409 g/mol. The Balaban J connectivity index is 1.40. The normalized spacial score (nSPS) is 20.8. The van der Waals surface area contributed by atoms with Gasteiger partial charge in [-0.1, -0.05) is 32.4 Å². The molecule has 1 saturated carbocycles. The number of rotatable bonds is 7. The Labute approximate surface area is 192 Å². The molecular formula is C26H39ClFN3. The van der Waals surface area contributed by atoms with E-state index in [9.17, 15) is 4.39 Å². The summed E-state index contributed by atoms with van der Waals surface area (Å²) in [7, 11) is 0. The first-order valence-electron chi connectivity index (χ1n) is 11.6. The first-order valence-corrected chi connectivity index (χ1v) is 12.0. The molecule has 1 aromatic carbocycles. The number of hydrogen-bond acceptors (Lipinski definition) is 3. The third-order valence-corrected chi connectivity index (χ3v) is 7.43. The van der Waals surface area contributed by atoms with Crippen LogP contribution in [0.5, 0.6) is 0 Å². The van der Waals surface area contributed by atoms with Gasteiger partial charge in [0.1, 0.15) is 5.82 Å². The van der Waals surface area contributed by atoms with Gasteiger partial charge in [-0.15, -0.1) is 0 Å². The predicted molar refractivity (Wildman–Crippen MR) is 130 cm³/mol. The highest BCUT2D eigenvalue weighted by Gasteiger charge is 2.45. The van der Waals surface area contributed by atoms with Gasteiger partial charge in [0.25, 0.3) is 0 Å². The first-order chi connectivity index (χ1) is 14.6. The molecule has 0 atom stereocenters. The molecule has 3 rings (SSSR count). The van der Waals surface area contributed by atoms with Crippen molar-refractivity contribution < 1.29 is 4.39 Å². The number of nitrogens with zero attached hydrogens (tertiary/aromatic N) is 1. The van der Waals surface area contributed by atoms with E-state index >= 15 is 0 Å². The Bertz CT molecular complexity index is 808. The highest BCUT2D eigenvalue weighted by atomic mass is 35.5. The van der Waals surface area contributed by atoms with Crippen molar-refractivity contribution in [3.8, 4) is 0 Å². The van der Waals surface area contributed by atoms with Crippen LogP contribution in [0.2, 0.25) is 5.02 Å². The van der Waals surface area contributed by atoms with Gasteiger partial charge in [0.15, 0.2) is 0 Å². The van der Waals surface area contributed by atoms with Crippen LogP contribution in [0.3, 0.4) is 0 Å². The van der Waals surface area contributed by atoms with Gasteiger partial charge in [-0.25, -0.2) is 4.39 Å². The van der Waals surface area contributed by atoms with Gasteiger partial charge < -0.3 is 16.4 Å². The maximum absolute atomic E-state index is 13.4. The van der Waals surface area contributed by atoms with E-state index in [4.69, 9.17) is 23.1 Å². The van der Waals surface area contributed by atoms with Gasteiger partial charge in [-0.3, -0.25) is 0 Å². The molecule has 0 bridgehead atoms. The zero-order valence-corrected chi connectivity index (χ0v) is 20.1. The maximum Gasteiger partial charge on any atom is 0.123 e. The molecule has 4 N–H and O–H groups in total. The summed E-state index contributed by atoms with van der Waals surface area (Å²) in [6.45, 7) is 10.7. The van der Waals surface area contributed by atoms with Crippen molar-refractivity contribution in [2.45, 2.75) is 65.7 Å².